The predicted molar refractivity (Wildman–Crippen MR) is 113 cm³/mol. The molecule has 3 aromatic rings. The number of anilines is 1. The average molecular weight is 412 g/mol. The molecular weight excluding hydrogens is 386 g/mol. The molecule has 2 aromatic carbocycles. The van der Waals surface area contributed by atoms with E-state index in [0.717, 1.165) is 45.0 Å². The molecule has 0 atom stereocenters. The van der Waals surface area contributed by atoms with E-state index in [2.05, 4.69) is 14.5 Å². The minimum Gasteiger partial charge on any atom is -0.468 e. The molecule has 1 saturated heterocycles. The average Bonchev–Trinajstić information content (AvgIpc) is 3.24. The van der Waals surface area contributed by atoms with Gasteiger partial charge in [-0.15, -0.1) is 0 Å². The zero-order valence-corrected chi connectivity index (χ0v) is 17.0. The van der Waals surface area contributed by atoms with Gasteiger partial charge in [0.25, 0.3) is 10.0 Å². The predicted octanol–water partition coefficient (Wildman–Crippen LogP) is 3.40. The molecule has 6 nitrogen and oxygen atoms in total. The Hall–Kier alpha value is -2.61. The second kappa shape index (κ2) is 8.82. The summed E-state index contributed by atoms with van der Waals surface area (Å²) in [6, 6.07) is 19.9. The first-order valence-corrected chi connectivity index (χ1v) is 11.2. The Morgan fingerprint density at radius 2 is 1.45 bits per heavy atom. The largest absolute Gasteiger partial charge is 0.468 e. The fourth-order valence-electron chi connectivity index (χ4n) is 3.48. The van der Waals surface area contributed by atoms with Crippen LogP contribution in [0.2, 0.25) is 0 Å². The number of hydrogen-bond donors (Lipinski definition) is 1. The van der Waals surface area contributed by atoms with E-state index in [-0.39, 0.29) is 4.90 Å². The number of nitrogens with zero attached hydrogens (tertiary/aromatic N) is 2. The third kappa shape index (κ3) is 5.26. The number of hydrogen-bond acceptors (Lipinski definition) is 5. The number of piperazine rings is 1. The maximum atomic E-state index is 12.4. The molecule has 0 aliphatic carbocycles. The van der Waals surface area contributed by atoms with Gasteiger partial charge in [-0.1, -0.05) is 30.3 Å². The van der Waals surface area contributed by atoms with Crippen molar-refractivity contribution in [1.82, 2.24) is 9.80 Å². The van der Waals surface area contributed by atoms with Crippen LogP contribution in [0.25, 0.3) is 0 Å². The monoisotopic (exact) mass is 411 g/mol. The molecule has 0 unspecified atom stereocenters. The van der Waals surface area contributed by atoms with Crippen molar-refractivity contribution in [3.8, 4) is 0 Å². The maximum absolute atomic E-state index is 12.4. The van der Waals surface area contributed by atoms with Crippen LogP contribution in [-0.2, 0) is 23.1 Å². The van der Waals surface area contributed by atoms with Gasteiger partial charge in [-0.2, -0.15) is 0 Å². The topological polar surface area (TPSA) is 65.8 Å². The van der Waals surface area contributed by atoms with Crippen LogP contribution in [0, 0.1) is 0 Å². The normalized spacial score (nSPS) is 16.0. The molecule has 0 amide bonds. The molecule has 7 heteroatoms. The summed E-state index contributed by atoms with van der Waals surface area (Å²) in [6.07, 6.45) is 1.72. The van der Waals surface area contributed by atoms with Gasteiger partial charge in [0.1, 0.15) is 5.76 Å². The molecule has 0 radical (unpaired) electrons. The van der Waals surface area contributed by atoms with E-state index in [9.17, 15) is 8.42 Å². The lowest BCUT2D eigenvalue weighted by Crippen LogP contribution is -2.45. The van der Waals surface area contributed by atoms with Crippen LogP contribution in [0.3, 0.4) is 0 Å². The van der Waals surface area contributed by atoms with Crippen molar-refractivity contribution >= 4 is 15.7 Å². The van der Waals surface area contributed by atoms with Crippen LogP contribution < -0.4 is 4.72 Å². The summed E-state index contributed by atoms with van der Waals surface area (Å²) >= 11 is 0. The minimum absolute atomic E-state index is 0.261. The van der Waals surface area contributed by atoms with E-state index in [1.165, 1.54) is 5.56 Å². The molecule has 152 valence electrons. The van der Waals surface area contributed by atoms with Crippen molar-refractivity contribution in [1.29, 1.82) is 0 Å². The summed E-state index contributed by atoms with van der Waals surface area (Å²) in [5.74, 6) is 1.01. The SMILES string of the molecule is O=S(=O)(Nc1ccc(CN2CCN(Cc3ccco3)CC2)cc1)c1ccccc1. The number of rotatable bonds is 7. The Labute approximate surface area is 171 Å². The highest BCUT2D eigenvalue weighted by atomic mass is 32.2. The Morgan fingerprint density at radius 3 is 2.07 bits per heavy atom. The molecule has 1 aromatic heterocycles. The highest BCUT2D eigenvalue weighted by molar-refractivity contribution is 7.92. The van der Waals surface area contributed by atoms with Crippen LogP contribution in [0.1, 0.15) is 11.3 Å². The van der Waals surface area contributed by atoms with Crippen LogP contribution in [0.5, 0.6) is 0 Å². The van der Waals surface area contributed by atoms with Gasteiger partial charge in [0.05, 0.1) is 17.7 Å². The molecule has 4 rings (SSSR count). The van der Waals surface area contributed by atoms with E-state index in [4.69, 9.17) is 4.42 Å². The molecular formula is C22H25N3O3S. The van der Waals surface area contributed by atoms with Gasteiger partial charge in [0.2, 0.25) is 0 Å². The Bertz CT molecular complexity index is 995. The molecule has 0 saturated carbocycles. The number of nitrogens with one attached hydrogen (secondary N) is 1. The number of benzene rings is 2. The standard InChI is InChI=1S/C22H25N3O3S/c26-29(27,22-6-2-1-3-7-22)23-20-10-8-19(9-11-20)17-24-12-14-25(15-13-24)18-21-5-4-16-28-21/h1-11,16,23H,12-15,17-18H2. The van der Waals surface area contributed by atoms with Crippen LogP contribution in [-0.4, -0.2) is 44.4 Å². The van der Waals surface area contributed by atoms with Crippen LogP contribution in [0.4, 0.5) is 5.69 Å². The molecule has 1 N–H and O–H groups in total. The van der Waals surface area contributed by atoms with Crippen molar-refractivity contribution in [3.63, 3.8) is 0 Å². The molecule has 29 heavy (non-hydrogen) atoms. The quantitative estimate of drug-likeness (QED) is 0.646. The first kappa shape index (κ1) is 19.7. The molecule has 1 aliphatic rings. The Kier molecular flexibility index (Phi) is 5.99. The molecule has 1 fully saturated rings. The Balaban J connectivity index is 1.29. The Morgan fingerprint density at radius 1 is 0.793 bits per heavy atom. The molecule has 1 aliphatic heterocycles. The summed E-state index contributed by atoms with van der Waals surface area (Å²) in [7, 11) is -3.55. The van der Waals surface area contributed by atoms with Crippen LogP contribution >= 0.6 is 0 Å². The van der Waals surface area contributed by atoms with Crippen molar-refractivity contribution in [3.05, 3.63) is 84.3 Å². The van der Waals surface area contributed by atoms with E-state index in [1.54, 1.807) is 36.6 Å². The second-order valence-electron chi connectivity index (χ2n) is 7.25. The zero-order valence-electron chi connectivity index (χ0n) is 16.2. The fourth-order valence-corrected chi connectivity index (χ4v) is 4.56. The first-order chi connectivity index (χ1) is 14.1. The highest BCUT2D eigenvalue weighted by Gasteiger charge is 2.18. The zero-order chi connectivity index (χ0) is 20.1. The minimum atomic E-state index is -3.55. The lowest BCUT2D eigenvalue weighted by Gasteiger charge is -2.34. The summed E-state index contributed by atoms with van der Waals surface area (Å²) in [6.45, 7) is 5.74. The third-order valence-corrected chi connectivity index (χ3v) is 6.49. The number of sulfonamides is 1. The summed E-state index contributed by atoms with van der Waals surface area (Å²) in [5.41, 5.74) is 1.74. The summed E-state index contributed by atoms with van der Waals surface area (Å²) in [4.78, 5) is 5.08. The molecule has 0 spiro atoms. The van der Waals surface area contributed by atoms with Gasteiger partial charge >= 0.3 is 0 Å². The van der Waals surface area contributed by atoms with Crippen molar-refractivity contribution in [2.24, 2.45) is 0 Å². The van der Waals surface area contributed by atoms with Gasteiger partial charge in [-0.3, -0.25) is 14.5 Å². The van der Waals surface area contributed by atoms with E-state index >= 15 is 0 Å². The molecule has 2 heterocycles. The van der Waals surface area contributed by atoms with Crippen molar-refractivity contribution < 1.29 is 12.8 Å². The lowest BCUT2D eigenvalue weighted by atomic mass is 10.2. The summed E-state index contributed by atoms with van der Waals surface area (Å²) < 4.78 is 32.9. The van der Waals surface area contributed by atoms with Gasteiger partial charge in [-0.05, 0) is 42.0 Å². The third-order valence-electron chi connectivity index (χ3n) is 5.09. The van der Waals surface area contributed by atoms with E-state index < -0.39 is 10.0 Å². The van der Waals surface area contributed by atoms with Crippen molar-refractivity contribution in [2.45, 2.75) is 18.0 Å². The van der Waals surface area contributed by atoms with Gasteiger partial charge in [0, 0.05) is 38.4 Å². The van der Waals surface area contributed by atoms with Gasteiger partial charge in [-0.25, -0.2) is 8.42 Å². The van der Waals surface area contributed by atoms with E-state index in [0.29, 0.717) is 5.69 Å². The van der Waals surface area contributed by atoms with Gasteiger partial charge in [0.15, 0.2) is 0 Å². The molecule has 0 bridgehead atoms. The smallest absolute Gasteiger partial charge is 0.261 e. The van der Waals surface area contributed by atoms with Crippen molar-refractivity contribution in [2.75, 3.05) is 30.9 Å². The highest BCUT2D eigenvalue weighted by Crippen LogP contribution is 2.18. The first-order valence-electron chi connectivity index (χ1n) is 9.72. The number of furan rings is 1. The van der Waals surface area contributed by atoms with E-state index in [1.807, 2.05) is 36.4 Å². The second-order valence-corrected chi connectivity index (χ2v) is 8.93. The summed E-state index contributed by atoms with van der Waals surface area (Å²) in [5, 5.41) is 0. The van der Waals surface area contributed by atoms with Crippen LogP contribution in [0.15, 0.2) is 82.3 Å². The lowest BCUT2D eigenvalue weighted by molar-refractivity contribution is 0.116. The maximum Gasteiger partial charge on any atom is 0.261 e. The fraction of sp³-hybridized carbons (Fsp3) is 0.273. The van der Waals surface area contributed by atoms with Gasteiger partial charge < -0.3 is 4.42 Å².